The van der Waals surface area contributed by atoms with Gasteiger partial charge in [-0.2, -0.15) is 0 Å². The first-order valence-corrected chi connectivity index (χ1v) is 5.15. The molecule has 76 valence electrons. The lowest BCUT2D eigenvalue weighted by molar-refractivity contribution is 0.409. The van der Waals surface area contributed by atoms with Gasteiger partial charge in [0.25, 0.3) is 0 Å². The predicted molar refractivity (Wildman–Crippen MR) is 57.6 cm³/mol. The van der Waals surface area contributed by atoms with Gasteiger partial charge in [-0.3, -0.25) is 0 Å². The number of benzene rings is 1. The van der Waals surface area contributed by atoms with E-state index < -0.39 is 0 Å². The molecular weight excluding hydrogens is 174 g/mol. The number of hydrogen-bond acceptors (Lipinski definition) is 2. The van der Waals surface area contributed by atoms with E-state index in [-0.39, 0.29) is 6.04 Å². The highest BCUT2D eigenvalue weighted by Gasteiger charge is 2.26. The van der Waals surface area contributed by atoms with Crippen LogP contribution < -0.4 is 10.5 Å². The zero-order chi connectivity index (χ0) is 10.1. The summed E-state index contributed by atoms with van der Waals surface area (Å²) in [5, 5.41) is 0. The number of nitrogens with two attached hydrogens (primary N) is 1. The van der Waals surface area contributed by atoms with Gasteiger partial charge in [0.05, 0.1) is 7.11 Å². The van der Waals surface area contributed by atoms with Gasteiger partial charge < -0.3 is 10.5 Å². The van der Waals surface area contributed by atoms with E-state index in [0.717, 1.165) is 17.2 Å². The molecule has 1 atom stereocenters. The van der Waals surface area contributed by atoms with Gasteiger partial charge >= 0.3 is 0 Å². The zero-order valence-electron chi connectivity index (χ0n) is 8.79. The third kappa shape index (κ3) is 1.75. The Kier molecular flexibility index (Phi) is 2.46. The Morgan fingerprint density at radius 3 is 2.64 bits per heavy atom. The minimum Gasteiger partial charge on any atom is -0.496 e. The molecule has 0 saturated heterocycles. The van der Waals surface area contributed by atoms with Crippen molar-refractivity contribution in [2.24, 2.45) is 5.73 Å². The summed E-state index contributed by atoms with van der Waals surface area (Å²) < 4.78 is 5.38. The molecular formula is C12H17NO. The average Bonchev–Trinajstić information content (AvgIpc) is 3.00. The van der Waals surface area contributed by atoms with E-state index >= 15 is 0 Å². The first-order valence-electron chi connectivity index (χ1n) is 5.15. The summed E-state index contributed by atoms with van der Waals surface area (Å²) in [7, 11) is 1.73. The third-order valence-corrected chi connectivity index (χ3v) is 2.80. The molecule has 1 aliphatic rings. The van der Waals surface area contributed by atoms with E-state index in [0.29, 0.717) is 0 Å². The number of ether oxygens (including phenoxy) is 1. The predicted octanol–water partition coefficient (Wildman–Crippen LogP) is 2.59. The number of rotatable bonds is 3. The van der Waals surface area contributed by atoms with Crippen LogP contribution in [0.2, 0.25) is 0 Å². The molecule has 2 N–H and O–H groups in total. The summed E-state index contributed by atoms with van der Waals surface area (Å²) in [5.74, 6) is 1.73. The van der Waals surface area contributed by atoms with Gasteiger partial charge in [0.1, 0.15) is 5.75 Å². The fourth-order valence-electron chi connectivity index (χ4n) is 1.74. The van der Waals surface area contributed by atoms with Gasteiger partial charge in [-0.25, -0.2) is 0 Å². The molecule has 0 bridgehead atoms. The molecule has 1 saturated carbocycles. The highest BCUT2D eigenvalue weighted by molar-refractivity contribution is 5.42. The molecule has 0 aromatic heterocycles. The topological polar surface area (TPSA) is 35.2 Å². The van der Waals surface area contributed by atoms with Crippen LogP contribution in [0, 0.1) is 0 Å². The summed E-state index contributed by atoms with van der Waals surface area (Å²) in [6, 6.07) is 6.42. The fraction of sp³-hybridized carbons (Fsp3) is 0.500. The largest absolute Gasteiger partial charge is 0.496 e. The Morgan fingerprint density at radius 2 is 2.14 bits per heavy atom. The van der Waals surface area contributed by atoms with Gasteiger partial charge in [-0.15, -0.1) is 0 Å². The molecule has 2 heteroatoms. The molecule has 2 nitrogen and oxygen atoms in total. The van der Waals surface area contributed by atoms with E-state index in [2.05, 4.69) is 18.2 Å². The summed E-state index contributed by atoms with van der Waals surface area (Å²) in [5.41, 5.74) is 8.31. The minimum atomic E-state index is 0.0807. The highest BCUT2D eigenvalue weighted by Crippen LogP contribution is 2.44. The third-order valence-electron chi connectivity index (χ3n) is 2.80. The van der Waals surface area contributed by atoms with E-state index in [9.17, 15) is 0 Å². The molecule has 0 radical (unpaired) electrons. The van der Waals surface area contributed by atoms with Crippen molar-refractivity contribution < 1.29 is 4.74 Å². The molecule has 1 aromatic rings. The van der Waals surface area contributed by atoms with Crippen LogP contribution in [-0.2, 0) is 0 Å². The van der Waals surface area contributed by atoms with E-state index in [4.69, 9.17) is 10.5 Å². The second-order valence-corrected chi connectivity index (χ2v) is 4.06. The average molecular weight is 191 g/mol. The number of hydrogen-bond donors (Lipinski definition) is 1. The van der Waals surface area contributed by atoms with Crippen LogP contribution in [0.1, 0.15) is 42.9 Å². The van der Waals surface area contributed by atoms with E-state index in [1.54, 1.807) is 7.11 Å². The van der Waals surface area contributed by atoms with Gasteiger partial charge in [0.2, 0.25) is 0 Å². The van der Waals surface area contributed by atoms with Crippen LogP contribution in [-0.4, -0.2) is 7.11 Å². The van der Waals surface area contributed by atoms with Crippen LogP contribution in [0.5, 0.6) is 5.75 Å². The Labute approximate surface area is 85.1 Å². The second kappa shape index (κ2) is 3.62. The lowest BCUT2D eigenvalue weighted by Crippen LogP contribution is -2.05. The van der Waals surface area contributed by atoms with Crippen molar-refractivity contribution in [3.63, 3.8) is 0 Å². The van der Waals surface area contributed by atoms with Crippen LogP contribution >= 0.6 is 0 Å². The number of methoxy groups -OCH3 is 1. The Bertz CT molecular complexity index is 329. The van der Waals surface area contributed by atoms with Gasteiger partial charge in [-0.05, 0) is 42.9 Å². The molecule has 0 aliphatic heterocycles. The molecule has 1 aromatic carbocycles. The lowest BCUT2D eigenvalue weighted by Gasteiger charge is -2.11. The summed E-state index contributed by atoms with van der Waals surface area (Å²) in [6.45, 7) is 1.99. The maximum atomic E-state index is 5.82. The van der Waals surface area contributed by atoms with Crippen LogP contribution in [0.4, 0.5) is 0 Å². The summed E-state index contributed by atoms with van der Waals surface area (Å²) in [4.78, 5) is 0. The van der Waals surface area contributed by atoms with Gasteiger partial charge in [-0.1, -0.05) is 12.1 Å². The molecule has 0 spiro atoms. The Morgan fingerprint density at radius 1 is 1.43 bits per heavy atom. The summed E-state index contributed by atoms with van der Waals surface area (Å²) in [6.07, 6.45) is 2.60. The quantitative estimate of drug-likeness (QED) is 0.797. The highest BCUT2D eigenvalue weighted by atomic mass is 16.5. The molecule has 1 aliphatic carbocycles. The monoisotopic (exact) mass is 191 g/mol. The van der Waals surface area contributed by atoms with Crippen molar-refractivity contribution in [2.45, 2.75) is 31.7 Å². The van der Waals surface area contributed by atoms with Crippen molar-refractivity contribution in [2.75, 3.05) is 7.11 Å². The normalized spacial score (nSPS) is 17.9. The minimum absolute atomic E-state index is 0.0807. The van der Waals surface area contributed by atoms with Crippen LogP contribution in [0.15, 0.2) is 18.2 Å². The first kappa shape index (κ1) is 9.53. The first-order chi connectivity index (χ1) is 6.72. The Balaban J connectivity index is 2.34. The Hall–Kier alpha value is -1.02. The van der Waals surface area contributed by atoms with Crippen LogP contribution in [0.25, 0.3) is 0 Å². The maximum Gasteiger partial charge on any atom is 0.122 e. The smallest absolute Gasteiger partial charge is 0.122 e. The van der Waals surface area contributed by atoms with Gasteiger partial charge in [0.15, 0.2) is 0 Å². The molecule has 14 heavy (non-hydrogen) atoms. The molecule has 0 amide bonds. The zero-order valence-corrected chi connectivity index (χ0v) is 8.79. The lowest BCUT2D eigenvalue weighted by atomic mass is 10.0. The van der Waals surface area contributed by atoms with E-state index in [1.165, 1.54) is 18.4 Å². The van der Waals surface area contributed by atoms with Crippen molar-refractivity contribution in [1.82, 2.24) is 0 Å². The van der Waals surface area contributed by atoms with Crippen molar-refractivity contribution in [1.29, 1.82) is 0 Å². The molecule has 1 unspecified atom stereocenters. The summed E-state index contributed by atoms with van der Waals surface area (Å²) >= 11 is 0. The van der Waals surface area contributed by atoms with Crippen molar-refractivity contribution in [3.8, 4) is 5.75 Å². The van der Waals surface area contributed by atoms with Crippen molar-refractivity contribution >= 4 is 0 Å². The maximum absolute atomic E-state index is 5.82. The van der Waals surface area contributed by atoms with Crippen LogP contribution in [0.3, 0.4) is 0 Å². The van der Waals surface area contributed by atoms with Crippen molar-refractivity contribution in [3.05, 3.63) is 29.3 Å². The molecule has 2 rings (SSSR count). The SMILES string of the molecule is COc1cc(C(C)N)ccc1C1CC1. The fourth-order valence-corrected chi connectivity index (χ4v) is 1.74. The molecule has 0 heterocycles. The van der Waals surface area contributed by atoms with Gasteiger partial charge in [0, 0.05) is 6.04 Å². The second-order valence-electron chi connectivity index (χ2n) is 4.06. The molecule has 1 fully saturated rings. The standard InChI is InChI=1S/C12H17NO/c1-8(13)10-5-6-11(9-3-4-9)12(7-10)14-2/h5-9H,3-4,13H2,1-2H3. The van der Waals surface area contributed by atoms with E-state index in [1.807, 2.05) is 6.92 Å².